The Morgan fingerprint density at radius 3 is 2.68 bits per heavy atom. The van der Waals surface area contributed by atoms with E-state index in [9.17, 15) is 14.0 Å². The molecule has 11 heteroatoms. The van der Waals surface area contributed by atoms with Gasteiger partial charge in [0, 0.05) is 17.5 Å². The lowest BCUT2D eigenvalue weighted by Crippen LogP contribution is -2.30. The second-order valence-corrected chi connectivity index (χ2v) is 8.60. The van der Waals surface area contributed by atoms with Crippen molar-refractivity contribution in [2.45, 2.75) is 27.3 Å². The van der Waals surface area contributed by atoms with Crippen molar-refractivity contribution in [2.75, 3.05) is 6.54 Å². The van der Waals surface area contributed by atoms with Crippen LogP contribution in [0, 0.1) is 5.41 Å². The average molecular weight is 434 g/mol. The quantitative estimate of drug-likeness (QED) is 0.754. The maximum absolute atomic E-state index is 14.7. The van der Waals surface area contributed by atoms with E-state index in [0.717, 1.165) is 8.47 Å². The lowest BCUT2D eigenvalue weighted by Gasteiger charge is -2.20. The Morgan fingerprint density at radius 2 is 2.16 bits per heavy atom. The highest BCUT2D eigenvalue weighted by Crippen LogP contribution is 2.29. The molecule has 0 bridgehead atoms. The van der Waals surface area contributed by atoms with Crippen LogP contribution in [0.15, 0.2) is 32.5 Å². The van der Waals surface area contributed by atoms with Crippen molar-refractivity contribution in [1.29, 1.82) is 0 Å². The molecule has 0 saturated heterocycles. The summed E-state index contributed by atoms with van der Waals surface area (Å²) in [5.74, 6) is -0.486. The Labute approximate surface area is 155 Å². The summed E-state index contributed by atoms with van der Waals surface area (Å²) < 4.78 is 17.7. The van der Waals surface area contributed by atoms with Crippen LogP contribution in [0.25, 0.3) is 5.13 Å². The fourth-order valence-corrected chi connectivity index (χ4v) is 3.18. The zero-order chi connectivity index (χ0) is 18.8. The zero-order valence-electron chi connectivity index (χ0n) is 13.8. The van der Waals surface area contributed by atoms with Gasteiger partial charge in [0.25, 0.3) is 0 Å². The van der Waals surface area contributed by atoms with Gasteiger partial charge in [0.1, 0.15) is 12.2 Å². The summed E-state index contributed by atoms with van der Waals surface area (Å²) in [5.41, 5.74) is -1.17. The van der Waals surface area contributed by atoms with E-state index < -0.39 is 23.0 Å². The minimum Gasteiger partial charge on any atom is -0.465 e. The van der Waals surface area contributed by atoms with Crippen LogP contribution in [-0.2, 0) is 6.54 Å². The van der Waals surface area contributed by atoms with Gasteiger partial charge in [-0.25, -0.2) is 28.2 Å². The van der Waals surface area contributed by atoms with E-state index >= 15 is 0 Å². The molecule has 0 fully saturated rings. The van der Waals surface area contributed by atoms with E-state index in [2.05, 4.69) is 31.3 Å². The molecule has 0 atom stereocenters. The number of amides is 1. The molecule has 1 amide bonds. The number of hydrogen-bond acceptors (Lipinski definition) is 5. The Hall–Kier alpha value is -2.01. The molecule has 2 aromatic heterocycles. The van der Waals surface area contributed by atoms with E-state index in [1.165, 1.54) is 22.2 Å². The summed E-state index contributed by atoms with van der Waals surface area (Å²) in [4.78, 5) is 27.3. The van der Waals surface area contributed by atoms with E-state index in [4.69, 9.17) is 5.11 Å². The number of carbonyl (C=O) groups is 1. The van der Waals surface area contributed by atoms with E-state index in [-0.39, 0.29) is 18.7 Å². The van der Waals surface area contributed by atoms with Crippen molar-refractivity contribution in [2.24, 2.45) is 5.41 Å². The summed E-state index contributed by atoms with van der Waals surface area (Å²) in [7, 11) is 0. The number of halogens is 2. The number of rotatable bonds is 5. The zero-order valence-corrected chi connectivity index (χ0v) is 16.2. The van der Waals surface area contributed by atoms with Crippen LogP contribution in [0.3, 0.4) is 0 Å². The normalized spacial score (nSPS) is 12.8. The molecule has 0 unspecified atom stereocenters. The molecular formula is C14H17BrFN5O3S. The number of thiazole rings is 1. The molecule has 0 aromatic carbocycles. The Balaban J connectivity index is 2.35. The van der Waals surface area contributed by atoms with Gasteiger partial charge in [-0.2, -0.15) is 5.10 Å². The molecule has 0 spiro atoms. The predicted octanol–water partition coefficient (Wildman–Crippen LogP) is 2.79. The van der Waals surface area contributed by atoms with Crippen molar-refractivity contribution < 1.29 is 14.3 Å². The van der Waals surface area contributed by atoms with Crippen LogP contribution in [0.4, 0.5) is 9.18 Å². The van der Waals surface area contributed by atoms with Gasteiger partial charge in [0.2, 0.25) is 0 Å². The van der Waals surface area contributed by atoms with Crippen LogP contribution >= 0.6 is 27.3 Å². The number of nitrogens with one attached hydrogen (secondary N) is 1. The summed E-state index contributed by atoms with van der Waals surface area (Å²) in [5, 5.41) is 15.3. The summed E-state index contributed by atoms with van der Waals surface area (Å²) >= 11 is 4.52. The minimum atomic E-state index is -1.27. The summed E-state index contributed by atoms with van der Waals surface area (Å²) in [6.07, 6.45) is 1.58. The largest absolute Gasteiger partial charge is 0.465 e. The van der Waals surface area contributed by atoms with Crippen molar-refractivity contribution in [3.8, 4) is 5.13 Å². The van der Waals surface area contributed by atoms with Gasteiger partial charge in [-0.3, -0.25) is 0 Å². The monoisotopic (exact) mass is 433 g/mol. The van der Waals surface area contributed by atoms with Crippen LogP contribution < -0.4 is 11.0 Å². The van der Waals surface area contributed by atoms with Gasteiger partial charge in [0.15, 0.2) is 5.13 Å². The van der Waals surface area contributed by atoms with Crippen molar-refractivity contribution in [3.63, 3.8) is 0 Å². The molecule has 0 saturated carbocycles. The molecule has 2 aromatic rings. The highest BCUT2D eigenvalue weighted by atomic mass is 79.9. The third kappa shape index (κ3) is 4.75. The average Bonchev–Trinajstić information content (AvgIpc) is 3.08. The van der Waals surface area contributed by atoms with Crippen molar-refractivity contribution >= 4 is 33.4 Å². The van der Waals surface area contributed by atoms with Gasteiger partial charge in [-0.15, -0.1) is 0 Å². The van der Waals surface area contributed by atoms with Crippen molar-refractivity contribution in [3.05, 3.63) is 38.2 Å². The Kier molecular flexibility index (Phi) is 5.78. The van der Waals surface area contributed by atoms with Gasteiger partial charge in [-0.05, 0) is 15.9 Å². The molecule has 25 heavy (non-hydrogen) atoms. The fraction of sp³-hybridized carbons (Fsp3) is 0.429. The maximum atomic E-state index is 14.7. The molecule has 0 aliphatic rings. The van der Waals surface area contributed by atoms with Gasteiger partial charge in [0.05, 0.1) is 16.5 Å². The topological polar surface area (TPSA) is 102 Å². The highest BCUT2D eigenvalue weighted by molar-refractivity contribution is 9.11. The summed E-state index contributed by atoms with van der Waals surface area (Å²) in [6, 6.07) is 0. The van der Waals surface area contributed by atoms with Gasteiger partial charge < -0.3 is 10.4 Å². The lowest BCUT2D eigenvalue weighted by atomic mass is 9.91. The van der Waals surface area contributed by atoms with E-state index in [1.54, 1.807) is 27.0 Å². The molecule has 0 radical (unpaired) electrons. The molecule has 136 valence electrons. The SMILES string of the molecule is CC(C)(C)C(F)=C(CNC(=O)O)Cn1ncn(-c2ncc(Br)s2)c1=O. The predicted molar refractivity (Wildman–Crippen MR) is 94.8 cm³/mol. The molecule has 2 heterocycles. The molecular weight excluding hydrogens is 417 g/mol. The van der Waals surface area contributed by atoms with Gasteiger partial charge >= 0.3 is 11.8 Å². The molecule has 2 rings (SSSR count). The van der Waals surface area contributed by atoms with Crippen LogP contribution in [0.1, 0.15) is 20.8 Å². The maximum Gasteiger partial charge on any atom is 0.404 e. The number of hydrogen-bond donors (Lipinski definition) is 2. The number of allylic oxidation sites excluding steroid dienone is 1. The second-order valence-electron chi connectivity index (χ2n) is 6.21. The smallest absolute Gasteiger partial charge is 0.404 e. The first-order chi connectivity index (χ1) is 11.6. The van der Waals surface area contributed by atoms with Gasteiger partial charge in [-0.1, -0.05) is 32.1 Å². The fourth-order valence-electron chi connectivity index (χ4n) is 2.03. The number of aromatic nitrogens is 4. The standard InChI is InChI=1S/C14H17BrFN5O3S/c1-14(2,3)10(16)8(4-18-12(22)23)6-21-13(24)20(7-19-21)11-17-5-9(15)25-11/h5,7,18H,4,6H2,1-3H3,(H,22,23). The van der Waals surface area contributed by atoms with Crippen LogP contribution in [0.5, 0.6) is 0 Å². The molecule has 8 nitrogen and oxygen atoms in total. The first-order valence-electron chi connectivity index (χ1n) is 7.20. The van der Waals surface area contributed by atoms with Crippen LogP contribution in [0.2, 0.25) is 0 Å². The third-order valence-corrected chi connectivity index (χ3v) is 4.64. The summed E-state index contributed by atoms with van der Waals surface area (Å²) in [6.45, 7) is 4.59. The van der Waals surface area contributed by atoms with Crippen molar-refractivity contribution in [1.82, 2.24) is 24.6 Å². The highest BCUT2D eigenvalue weighted by Gasteiger charge is 2.23. The molecule has 0 aliphatic carbocycles. The number of carboxylic acid groups (broad SMARTS) is 1. The Morgan fingerprint density at radius 1 is 1.48 bits per heavy atom. The van der Waals surface area contributed by atoms with Crippen LogP contribution in [-0.4, -0.2) is 37.1 Å². The minimum absolute atomic E-state index is 0.141. The molecule has 0 aliphatic heterocycles. The lowest BCUT2D eigenvalue weighted by molar-refractivity contribution is 0.195. The molecule has 2 N–H and O–H groups in total. The second kappa shape index (κ2) is 7.48. The van der Waals surface area contributed by atoms with E-state index in [1.807, 2.05) is 0 Å². The first kappa shape index (κ1) is 19.3. The Bertz CT molecular complexity index is 864. The number of nitrogens with zero attached hydrogens (tertiary/aromatic N) is 4. The first-order valence-corrected chi connectivity index (χ1v) is 8.81. The van der Waals surface area contributed by atoms with E-state index in [0.29, 0.717) is 5.13 Å². The third-order valence-electron chi connectivity index (χ3n) is 3.17.